The van der Waals surface area contributed by atoms with Crippen LogP contribution in [0.1, 0.15) is 56.0 Å². The van der Waals surface area contributed by atoms with E-state index in [2.05, 4.69) is 31.2 Å². The Kier molecular flexibility index (Phi) is 3.88. The number of aromatic nitrogens is 1. The molecule has 108 valence electrons. The van der Waals surface area contributed by atoms with Crippen LogP contribution in [0.25, 0.3) is 0 Å². The molecule has 3 rings (SSSR count). The summed E-state index contributed by atoms with van der Waals surface area (Å²) in [6.07, 6.45) is 7.71. The van der Waals surface area contributed by atoms with Gasteiger partial charge in [0.25, 0.3) is 0 Å². The molecule has 20 heavy (non-hydrogen) atoms. The standard InChI is InChI=1S/C16H20ClNO2/c1-10-4-3-5-11(2)15(10)19-9-14-13(8-17)16(20-18-14)12-6-7-12/h3-4,11-12H,5-9H2,1-2H3. The van der Waals surface area contributed by atoms with Crippen LogP contribution >= 0.6 is 11.6 Å². The molecule has 2 aliphatic carbocycles. The maximum atomic E-state index is 6.05. The molecule has 0 aromatic carbocycles. The van der Waals surface area contributed by atoms with Gasteiger partial charge in [0.05, 0.1) is 5.88 Å². The first-order chi connectivity index (χ1) is 9.70. The molecule has 0 bridgehead atoms. The van der Waals surface area contributed by atoms with Gasteiger partial charge in [-0.25, -0.2) is 0 Å². The molecule has 0 amide bonds. The lowest BCUT2D eigenvalue weighted by atomic mass is 9.96. The highest BCUT2D eigenvalue weighted by molar-refractivity contribution is 6.17. The van der Waals surface area contributed by atoms with Gasteiger partial charge in [0.1, 0.15) is 23.8 Å². The van der Waals surface area contributed by atoms with Crippen molar-refractivity contribution in [3.8, 4) is 0 Å². The van der Waals surface area contributed by atoms with Gasteiger partial charge in [-0.05, 0) is 31.8 Å². The first-order valence-electron chi connectivity index (χ1n) is 7.24. The predicted molar refractivity (Wildman–Crippen MR) is 78.4 cm³/mol. The van der Waals surface area contributed by atoms with E-state index in [-0.39, 0.29) is 0 Å². The minimum absolute atomic E-state index is 0.425. The highest BCUT2D eigenvalue weighted by Gasteiger charge is 2.32. The highest BCUT2D eigenvalue weighted by Crippen LogP contribution is 2.43. The molecule has 0 radical (unpaired) electrons. The average molecular weight is 294 g/mol. The second-order valence-corrected chi connectivity index (χ2v) is 6.02. The Morgan fingerprint density at radius 2 is 2.25 bits per heavy atom. The Morgan fingerprint density at radius 3 is 2.90 bits per heavy atom. The molecule has 1 aromatic heterocycles. The third-order valence-corrected chi connectivity index (χ3v) is 4.31. The summed E-state index contributed by atoms with van der Waals surface area (Å²) in [6.45, 7) is 4.72. The number of hydrogen-bond donors (Lipinski definition) is 0. The van der Waals surface area contributed by atoms with E-state index in [4.69, 9.17) is 20.9 Å². The normalized spacial score (nSPS) is 22.4. The minimum atomic E-state index is 0.425. The van der Waals surface area contributed by atoms with E-state index < -0.39 is 0 Å². The quantitative estimate of drug-likeness (QED) is 0.740. The van der Waals surface area contributed by atoms with Gasteiger partial charge in [-0.15, -0.1) is 11.6 Å². The first kappa shape index (κ1) is 13.7. The van der Waals surface area contributed by atoms with Crippen LogP contribution in [-0.2, 0) is 17.2 Å². The largest absolute Gasteiger partial charge is 0.491 e. The third-order valence-electron chi connectivity index (χ3n) is 4.04. The van der Waals surface area contributed by atoms with E-state index in [1.807, 2.05) is 0 Å². The minimum Gasteiger partial charge on any atom is -0.491 e. The van der Waals surface area contributed by atoms with E-state index in [0.29, 0.717) is 24.3 Å². The molecule has 0 N–H and O–H groups in total. The van der Waals surface area contributed by atoms with Crippen molar-refractivity contribution in [1.82, 2.24) is 5.16 Å². The highest BCUT2D eigenvalue weighted by atomic mass is 35.5. The van der Waals surface area contributed by atoms with Crippen LogP contribution in [0.15, 0.2) is 28.0 Å². The average Bonchev–Trinajstić information content (AvgIpc) is 3.19. The van der Waals surface area contributed by atoms with Gasteiger partial charge in [0, 0.05) is 17.4 Å². The molecule has 1 saturated carbocycles. The Morgan fingerprint density at radius 1 is 1.45 bits per heavy atom. The van der Waals surface area contributed by atoms with Gasteiger partial charge >= 0.3 is 0 Å². The summed E-state index contributed by atoms with van der Waals surface area (Å²) in [6, 6.07) is 0. The molecular formula is C16H20ClNO2. The van der Waals surface area contributed by atoms with Crippen molar-refractivity contribution in [3.63, 3.8) is 0 Å². The van der Waals surface area contributed by atoms with Crippen molar-refractivity contribution in [1.29, 1.82) is 0 Å². The summed E-state index contributed by atoms with van der Waals surface area (Å²) >= 11 is 6.05. The number of alkyl halides is 1. The van der Waals surface area contributed by atoms with Gasteiger partial charge in [0.2, 0.25) is 0 Å². The summed E-state index contributed by atoms with van der Waals surface area (Å²) in [4.78, 5) is 0. The molecule has 4 heteroatoms. The monoisotopic (exact) mass is 293 g/mol. The summed E-state index contributed by atoms with van der Waals surface area (Å²) in [5, 5.41) is 4.16. The number of rotatable bonds is 5. The predicted octanol–water partition coefficient (Wildman–Crippen LogP) is 4.68. The second kappa shape index (κ2) is 5.65. The van der Waals surface area contributed by atoms with E-state index in [1.54, 1.807) is 0 Å². The Balaban J connectivity index is 1.73. The van der Waals surface area contributed by atoms with Crippen LogP contribution in [0.3, 0.4) is 0 Å². The Hall–Kier alpha value is -1.22. The van der Waals surface area contributed by atoms with Crippen molar-refractivity contribution in [2.24, 2.45) is 5.92 Å². The first-order valence-corrected chi connectivity index (χ1v) is 7.77. The molecule has 1 aromatic rings. The van der Waals surface area contributed by atoms with Crippen LogP contribution < -0.4 is 0 Å². The van der Waals surface area contributed by atoms with Crippen molar-refractivity contribution in [2.75, 3.05) is 0 Å². The van der Waals surface area contributed by atoms with Crippen molar-refractivity contribution < 1.29 is 9.26 Å². The number of ether oxygens (including phenoxy) is 1. The van der Waals surface area contributed by atoms with Gasteiger partial charge in [-0.1, -0.05) is 24.2 Å². The fourth-order valence-corrected chi connectivity index (χ4v) is 2.99. The smallest absolute Gasteiger partial charge is 0.144 e. The van der Waals surface area contributed by atoms with Crippen LogP contribution in [0.5, 0.6) is 0 Å². The fraction of sp³-hybridized carbons (Fsp3) is 0.562. The van der Waals surface area contributed by atoms with E-state index in [0.717, 1.165) is 29.2 Å². The number of halogens is 1. The lowest BCUT2D eigenvalue weighted by molar-refractivity contribution is 0.157. The number of nitrogens with zero attached hydrogens (tertiary/aromatic N) is 1. The maximum Gasteiger partial charge on any atom is 0.144 e. The maximum absolute atomic E-state index is 6.05. The van der Waals surface area contributed by atoms with Crippen LogP contribution in [0.2, 0.25) is 0 Å². The number of hydrogen-bond acceptors (Lipinski definition) is 3. The Labute approximate surface area is 124 Å². The van der Waals surface area contributed by atoms with Gasteiger partial charge in [0.15, 0.2) is 0 Å². The van der Waals surface area contributed by atoms with E-state index >= 15 is 0 Å². The molecule has 1 atom stereocenters. The second-order valence-electron chi connectivity index (χ2n) is 5.76. The molecule has 3 nitrogen and oxygen atoms in total. The van der Waals surface area contributed by atoms with Crippen LogP contribution in [0, 0.1) is 5.92 Å². The molecule has 0 aliphatic heterocycles. The van der Waals surface area contributed by atoms with Gasteiger partial charge in [-0.2, -0.15) is 0 Å². The van der Waals surface area contributed by atoms with E-state index in [1.165, 1.54) is 18.4 Å². The van der Waals surface area contributed by atoms with Crippen molar-refractivity contribution in [3.05, 3.63) is 40.5 Å². The van der Waals surface area contributed by atoms with Crippen molar-refractivity contribution in [2.45, 2.75) is 51.5 Å². The molecule has 1 fully saturated rings. The van der Waals surface area contributed by atoms with Crippen molar-refractivity contribution >= 4 is 11.6 Å². The summed E-state index contributed by atoms with van der Waals surface area (Å²) in [5.41, 5.74) is 3.08. The lowest BCUT2D eigenvalue weighted by Gasteiger charge is -2.20. The molecule has 0 spiro atoms. The molecule has 0 saturated heterocycles. The number of allylic oxidation sites excluding steroid dienone is 4. The fourth-order valence-electron chi connectivity index (χ4n) is 2.71. The summed E-state index contributed by atoms with van der Waals surface area (Å²) < 4.78 is 11.5. The van der Waals surface area contributed by atoms with Crippen LogP contribution in [0.4, 0.5) is 0 Å². The topological polar surface area (TPSA) is 35.3 Å². The zero-order valence-electron chi connectivity index (χ0n) is 12.0. The zero-order chi connectivity index (χ0) is 14.1. The third kappa shape index (κ3) is 2.64. The molecule has 2 aliphatic rings. The summed E-state index contributed by atoms with van der Waals surface area (Å²) in [5.74, 6) is 3.43. The van der Waals surface area contributed by atoms with Gasteiger partial charge < -0.3 is 9.26 Å². The van der Waals surface area contributed by atoms with Crippen LogP contribution in [-0.4, -0.2) is 5.16 Å². The Bertz CT molecular complexity index is 555. The molecule has 1 unspecified atom stereocenters. The lowest BCUT2D eigenvalue weighted by Crippen LogP contribution is -2.09. The summed E-state index contributed by atoms with van der Waals surface area (Å²) in [7, 11) is 0. The van der Waals surface area contributed by atoms with E-state index in [9.17, 15) is 0 Å². The zero-order valence-corrected chi connectivity index (χ0v) is 12.7. The SMILES string of the molecule is CC1=C(OCc2noc(C3CC3)c2CCl)C(C)CC=C1. The van der Waals surface area contributed by atoms with Gasteiger partial charge in [-0.3, -0.25) is 0 Å². The molecule has 1 heterocycles. The molecular weight excluding hydrogens is 274 g/mol.